The van der Waals surface area contributed by atoms with E-state index in [1.165, 1.54) is 6.92 Å². The lowest BCUT2D eigenvalue weighted by Crippen LogP contribution is -2.59. The van der Waals surface area contributed by atoms with Gasteiger partial charge in [-0.15, -0.1) is 0 Å². The van der Waals surface area contributed by atoms with E-state index >= 15 is 0 Å². The molecule has 94 valence electrons. The normalized spacial score (nSPS) is 23.9. The zero-order chi connectivity index (χ0) is 13.2. The van der Waals surface area contributed by atoms with E-state index in [1.807, 2.05) is 5.32 Å². The van der Waals surface area contributed by atoms with Gasteiger partial charge in [0.2, 0.25) is 21.8 Å². The molecule has 0 radical (unpaired) electrons. The predicted octanol–water partition coefficient (Wildman–Crippen LogP) is -1.03. The summed E-state index contributed by atoms with van der Waals surface area (Å²) in [4.78, 5) is 22.5. The first-order valence-corrected chi connectivity index (χ1v) is 6.58. The highest BCUT2D eigenvalue weighted by Gasteiger charge is 2.41. The summed E-state index contributed by atoms with van der Waals surface area (Å²) in [5, 5.41) is 9.58. The molecule has 0 aromatic carbocycles. The Kier molecular flexibility index (Phi) is 3.85. The van der Waals surface area contributed by atoms with Gasteiger partial charge in [0.1, 0.15) is 6.04 Å². The van der Waals surface area contributed by atoms with Crippen molar-refractivity contribution in [3.8, 4) is 6.07 Å². The van der Waals surface area contributed by atoms with Gasteiger partial charge in [0.15, 0.2) is 5.25 Å². The number of nitrogens with zero attached hydrogens (tertiary/aromatic N) is 2. The van der Waals surface area contributed by atoms with E-state index in [2.05, 4.69) is 0 Å². The topological polar surface area (TPSA) is 107 Å². The van der Waals surface area contributed by atoms with Crippen LogP contribution in [0.1, 0.15) is 20.3 Å². The van der Waals surface area contributed by atoms with Crippen molar-refractivity contribution in [2.45, 2.75) is 31.6 Å². The highest BCUT2D eigenvalue weighted by Crippen LogP contribution is 2.17. The Balaban J connectivity index is 3.10. The number of sulfonamides is 1. The van der Waals surface area contributed by atoms with Gasteiger partial charge in [-0.2, -0.15) is 9.57 Å². The fourth-order valence-corrected chi connectivity index (χ4v) is 3.25. The minimum absolute atomic E-state index is 0.109. The van der Waals surface area contributed by atoms with Crippen molar-refractivity contribution in [3.05, 3.63) is 0 Å². The van der Waals surface area contributed by atoms with E-state index < -0.39 is 39.7 Å². The molecule has 2 amide bonds. The van der Waals surface area contributed by atoms with Gasteiger partial charge in [-0.05, 0) is 13.3 Å². The second kappa shape index (κ2) is 4.81. The molecule has 2 unspecified atom stereocenters. The molecule has 17 heavy (non-hydrogen) atoms. The smallest absolute Gasteiger partial charge is 0.244 e. The lowest BCUT2D eigenvalue weighted by atomic mass is 10.2. The van der Waals surface area contributed by atoms with Crippen LogP contribution in [0.2, 0.25) is 0 Å². The number of piperazine rings is 1. The molecule has 0 spiro atoms. The lowest BCUT2D eigenvalue weighted by molar-refractivity contribution is -0.136. The monoisotopic (exact) mass is 259 g/mol. The Morgan fingerprint density at radius 3 is 2.65 bits per heavy atom. The number of rotatable bonds is 3. The predicted molar refractivity (Wildman–Crippen MR) is 57.9 cm³/mol. The van der Waals surface area contributed by atoms with E-state index in [4.69, 9.17) is 5.26 Å². The van der Waals surface area contributed by atoms with Crippen molar-refractivity contribution in [1.82, 2.24) is 9.62 Å². The molecule has 0 bridgehead atoms. The second-order valence-corrected chi connectivity index (χ2v) is 5.77. The average Bonchev–Trinajstić information content (AvgIpc) is 2.24. The zero-order valence-electron chi connectivity index (χ0n) is 9.50. The van der Waals surface area contributed by atoms with Gasteiger partial charge < -0.3 is 0 Å². The van der Waals surface area contributed by atoms with Gasteiger partial charge in [-0.3, -0.25) is 14.9 Å². The molecule has 1 heterocycles. The van der Waals surface area contributed by atoms with Crippen LogP contribution in [0.25, 0.3) is 0 Å². The van der Waals surface area contributed by atoms with Crippen LogP contribution in [0, 0.1) is 11.3 Å². The highest BCUT2D eigenvalue weighted by atomic mass is 32.2. The maximum absolute atomic E-state index is 12.0. The Bertz CT molecular complexity index is 479. The third-order valence-electron chi connectivity index (χ3n) is 2.57. The molecule has 1 fully saturated rings. The summed E-state index contributed by atoms with van der Waals surface area (Å²) in [7, 11) is -3.95. The van der Waals surface area contributed by atoms with Gasteiger partial charge in [0.25, 0.3) is 0 Å². The van der Waals surface area contributed by atoms with Crippen LogP contribution in [0.5, 0.6) is 0 Å². The van der Waals surface area contributed by atoms with Crippen LogP contribution in [0.3, 0.4) is 0 Å². The Hall–Kier alpha value is -1.46. The molecule has 0 aromatic heterocycles. The Labute approximate surface area is 99.4 Å². The number of nitriles is 1. The number of imide groups is 1. The molecular weight excluding hydrogens is 246 g/mol. The number of carbonyl (C=O) groups excluding carboxylic acids is 2. The summed E-state index contributed by atoms with van der Waals surface area (Å²) >= 11 is 0. The molecule has 7 nitrogen and oxygen atoms in total. The fraction of sp³-hybridized carbons (Fsp3) is 0.667. The quantitative estimate of drug-likeness (QED) is 0.652. The summed E-state index contributed by atoms with van der Waals surface area (Å²) in [5.41, 5.74) is 0. The number of carbonyl (C=O) groups is 2. The summed E-state index contributed by atoms with van der Waals surface area (Å²) in [5.74, 6) is -1.35. The third-order valence-corrected chi connectivity index (χ3v) is 4.83. The first kappa shape index (κ1) is 13.6. The standard InChI is InChI=1S/C9H13N3O4S/c1-3-7(4-10)17(15,16)12-5-8(13)11-9(14)6(12)2/h6-7H,3,5H2,1-2H3,(H,11,13,14). The van der Waals surface area contributed by atoms with Crippen LogP contribution >= 0.6 is 0 Å². The Morgan fingerprint density at radius 2 is 2.18 bits per heavy atom. The van der Waals surface area contributed by atoms with E-state index in [9.17, 15) is 18.0 Å². The van der Waals surface area contributed by atoms with Gasteiger partial charge in [0.05, 0.1) is 12.6 Å². The molecule has 0 aliphatic carbocycles. The van der Waals surface area contributed by atoms with Crippen molar-refractivity contribution in [1.29, 1.82) is 5.26 Å². The summed E-state index contributed by atoms with van der Waals surface area (Å²) < 4.78 is 24.8. The SMILES string of the molecule is CCC(C#N)S(=O)(=O)N1CC(=O)NC(=O)C1C. The van der Waals surface area contributed by atoms with Crippen LogP contribution in [0.15, 0.2) is 0 Å². The van der Waals surface area contributed by atoms with Crippen LogP contribution in [-0.2, 0) is 19.6 Å². The lowest BCUT2D eigenvalue weighted by Gasteiger charge is -2.31. The number of amides is 2. The molecule has 1 aliphatic heterocycles. The molecule has 2 atom stereocenters. The van der Waals surface area contributed by atoms with Crippen molar-refractivity contribution in [3.63, 3.8) is 0 Å². The van der Waals surface area contributed by atoms with Gasteiger partial charge in [0, 0.05) is 0 Å². The largest absolute Gasteiger partial charge is 0.294 e. The fourth-order valence-electron chi connectivity index (χ4n) is 1.53. The van der Waals surface area contributed by atoms with Gasteiger partial charge in [-0.25, -0.2) is 8.42 Å². The molecule has 1 aliphatic rings. The highest BCUT2D eigenvalue weighted by molar-refractivity contribution is 7.90. The van der Waals surface area contributed by atoms with Crippen LogP contribution in [-0.4, -0.2) is 42.4 Å². The minimum atomic E-state index is -3.95. The first-order valence-electron chi connectivity index (χ1n) is 5.08. The van der Waals surface area contributed by atoms with E-state index in [-0.39, 0.29) is 6.42 Å². The Morgan fingerprint density at radius 1 is 1.59 bits per heavy atom. The third kappa shape index (κ3) is 2.45. The number of hydrogen-bond donors (Lipinski definition) is 1. The molecule has 1 rings (SSSR count). The van der Waals surface area contributed by atoms with E-state index in [0.29, 0.717) is 0 Å². The van der Waals surface area contributed by atoms with Crippen LogP contribution in [0.4, 0.5) is 0 Å². The molecule has 0 aromatic rings. The molecular formula is C9H13N3O4S. The van der Waals surface area contributed by atoms with Crippen molar-refractivity contribution in [2.75, 3.05) is 6.54 Å². The zero-order valence-corrected chi connectivity index (χ0v) is 10.3. The van der Waals surface area contributed by atoms with Crippen LogP contribution < -0.4 is 5.32 Å². The number of hydrogen-bond acceptors (Lipinski definition) is 5. The van der Waals surface area contributed by atoms with Crippen molar-refractivity contribution in [2.24, 2.45) is 0 Å². The summed E-state index contributed by atoms with van der Waals surface area (Å²) in [6.07, 6.45) is 0.109. The first-order chi connectivity index (χ1) is 7.84. The van der Waals surface area contributed by atoms with Gasteiger partial charge in [-0.1, -0.05) is 6.92 Å². The number of nitrogens with one attached hydrogen (secondary N) is 1. The second-order valence-electron chi connectivity index (χ2n) is 3.70. The molecule has 1 N–H and O–H groups in total. The minimum Gasteiger partial charge on any atom is -0.294 e. The summed E-state index contributed by atoms with van der Waals surface area (Å²) in [6, 6.07) is 0.695. The van der Waals surface area contributed by atoms with Gasteiger partial charge >= 0.3 is 0 Å². The van der Waals surface area contributed by atoms with Crippen molar-refractivity contribution >= 4 is 21.8 Å². The van der Waals surface area contributed by atoms with E-state index in [1.54, 1.807) is 13.0 Å². The molecule has 0 saturated carbocycles. The maximum Gasteiger partial charge on any atom is 0.244 e. The van der Waals surface area contributed by atoms with Crippen molar-refractivity contribution < 1.29 is 18.0 Å². The summed E-state index contributed by atoms with van der Waals surface area (Å²) in [6.45, 7) is 2.51. The molecule has 1 saturated heterocycles. The maximum atomic E-state index is 12.0. The van der Waals surface area contributed by atoms with E-state index in [0.717, 1.165) is 4.31 Å². The average molecular weight is 259 g/mol. The molecule has 8 heteroatoms.